The molecule has 2 aromatic rings. The van der Waals surface area contributed by atoms with Crippen LogP contribution in [0.15, 0.2) is 47.4 Å². The molecule has 6 nitrogen and oxygen atoms in total. The van der Waals surface area contributed by atoms with Crippen molar-refractivity contribution in [2.75, 3.05) is 26.2 Å². The Morgan fingerprint density at radius 1 is 0.964 bits per heavy atom. The molecule has 1 aliphatic rings. The van der Waals surface area contributed by atoms with Crippen molar-refractivity contribution in [1.82, 2.24) is 9.21 Å². The van der Waals surface area contributed by atoms with E-state index in [1.54, 1.807) is 29.2 Å². The number of hydrogen-bond acceptors (Lipinski definition) is 4. The molecule has 0 saturated carbocycles. The maximum Gasteiger partial charge on any atom is 0.253 e. The summed E-state index contributed by atoms with van der Waals surface area (Å²) in [4.78, 5) is 14.5. The van der Waals surface area contributed by atoms with Crippen LogP contribution in [-0.4, -0.2) is 54.7 Å². The molecule has 28 heavy (non-hydrogen) atoms. The van der Waals surface area contributed by atoms with E-state index in [2.05, 4.69) is 0 Å². The van der Waals surface area contributed by atoms with Gasteiger partial charge in [0, 0.05) is 42.3 Å². The molecule has 0 aliphatic carbocycles. The number of nitrogens with zero attached hydrogens (tertiary/aromatic N) is 2. The molecule has 1 heterocycles. The summed E-state index contributed by atoms with van der Waals surface area (Å²) in [6.07, 6.45) is 0. The van der Waals surface area contributed by atoms with Gasteiger partial charge in [0.15, 0.2) is 0 Å². The molecule has 2 N–H and O–H groups in total. The lowest BCUT2D eigenvalue weighted by Crippen LogP contribution is -2.50. The van der Waals surface area contributed by atoms with Gasteiger partial charge in [0.1, 0.15) is 9.88 Å². The number of amides is 1. The Morgan fingerprint density at radius 3 is 2.11 bits per heavy atom. The second-order valence-corrected chi connectivity index (χ2v) is 9.40. The molecule has 0 spiro atoms. The summed E-state index contributed by atoms with van der Waals surface area (Å²) in [5.41, 5.74) is 6.74. The average molecular weight is 458 g/mol. The number of halogens is 2. The molecule has 1 fully saturated rings. The van der Waals surface area contributed by atoms with Gasteiger partial charge in [-0.25, -0.2) is 8.42 Å². The van der Waals surface area contributed by atoms with Crippen molar-refractivity contribution in [2.24, 2.45) is 5.73 Å². The number of carbonyl (C=O) groups excluding carboxylic acids is 1. The number of rotatable bonds is 4. The lowest BCUT2D eigenvalue weighted by atomic mass is 10.1. The van der Waals surface area contributed by atoms with Crippen molar-refractivity contribution in [3.05, 3.63) is 63.6 Å². The lowest BCUT2D eigenvalue weighted by molar-refractivity contribution is 0.0698. The van der Waals surface area contributed by atoms with Crippen LogP contribution in [0, 0.1) is 0 Å². The van der Waals surface area contributed by atoms with Crippen LogP contribution in [0.3, 0.4) is 0 Å². The van der Waals surface area contributed by atoms with E-state index in [1.165, 1.54) is 22.5 Å². The van der Waals surface area contributed by atoms with E-state index in [4.69, 9.17) is 41.2 Å². The normalized spacial score (nSPS) is 15.4. The predicted octanol–water partition coefficient (Wildman–Crippen LogP) is 2.77. The van der Waals surface area contributed by atoms with Gasteiger partial charge >= 0.3 is 0 Å². The molecule has 0 radical (unpaired) electrons. The number of thiocarbonyl (C=S) groups is 1. The molecule has 1 aliphatic heterocycles. The Labute approximate surface area is 178 Å². The monoisotopic (exact) mass is 457 g/mol. The van der Waals surface area contributed by atoms with Crippen LogP contribution in [0.25, 0.3) is 0 Å². The van der Waals surface area contributed by atoms with Gasteiger partial charge in [-0.3, -0.25) is 4.79 Å². The number of sulfonamides is 1. The minimum Gasteiger partial charge on any atom is -0.389 e. The highest BCUT2D eigenvalue weighted by molar-refractivity contribution is 7.89. The molecule has 0 atom stereocenters. The summed E-state index contributed by atoms with van der Waals surface area (Å²) in [6, 6.07) is 11.0. The van der Waals surface area contributed by atoms with Crippen molar-refractivity contribution >= 4 is 56.3 Å². The minimum absolute atomic E-state index is 0.0326. The zero-order chi connectivity index (χ0) is 20.5. The Balaban J connectivity index is 1.70. The topological polar surface area (TPSA) is 83.7 Å². The lowest BCUT2D eigenvalue weighted by Gasteiger charge is -2.34. The van der Waals surface area contributed by atoms with Crippen LogP contribution in [0.2, 0.25) is 10.0 Å². The third-order valence-electron chi connectivity index (χ3n) is 4.45. The molecule has 148 valence electrons. The van der Waals surface area contributed by atoms with Crippen LogP contribution >= 0.6 is 35.4 Å². The summed E-state index contributed by atoms with van der Waals surface area (Å²) >= 11 is 16.9. The van der Waals surface area contributed by atoms with Gasteiger partial charge in [0.2, 0.25) is 10.0 Å². The predicted molar refractivity (Wildman–Crippen MR) is 113 cm³/mol. The van der Waals surface area contributed by atoms with Gasteiger partial charge < -0.3 is 10.6 Å². The van der Waals surface area contributed by atoms with E-state index >= 15 is 0 Å². The van der Waals surface area contributed by atoms with Crippen molar-refractivity contribution in [3.8, 4) is 0 Å². The van der Waals surface area contributed by atoms with Gasteiger partial charge in [-0.05, 0) is 30.3 Å². The third kappa shape index (κ3) is 4.31. The molecule has 10 heteroatoms. The number of piperazine rings is 1. The van der Waals surface area contributed by atoms with E-state index in [-0.39, 0.29) is 52.0 Å². The summed E-state index contributed by atoms with van der Waals surface area (Å²) in [6.45, 7) is 0.879. The van der Waals surface area contributed by atoms with Crippen molar-refractivity contribution in [3.63, 3.8) is 0 Å². The fourth-order valence-corrected chi connectivity index (χ4v) is 5.20. The van der Waals surface area contributed by atoms with E-state index in [1.807, 2.05) is 0 Å². The molecule has 0 unspecified atom stereocenters. The van der Waals surface area contributed by atoms with Crippen LogP contribution in [0.1, 0.15) is 15.9 Å². The molecule has 0 aromatic heterocycles. The quantitative estimate of drug-likeness (QED) is 0.713. The maximum atomic E-state index is 12.9. The molecule has 3 rings (SSSR count). The largest absolute Gasteiger partial charge is 0.389 e. The highest BCUT2D eigenvalue weighted by atomic mass is 35.5. The van der Waals surface area contributed by atoms with E-state index in [0.717, 1.165) is 0 Å². The average Bonchev–Trinajstić information content (AvgIpc) is 2.69. The Kier molecular flexibility index (Phi) is 6.26. The van der Waals surface area contributed by atoms with Crippen LogP contribution < -0.4 is 5.73 Å². The summed E-state index contributed by atoms with van der Waals surface area (Å²) in [5, 5.41) is 0.401. The number of benzene rings is 2. The van der Waals surface area contributed by atoms with Crippen molar-refractivity contribution < 1.29 is 13.2 Å². The summed E-state index contributed by atoms with van der Waals surface area (Å²) < 4.78 is 27.0. The minimum atomic E-state index is -3.79. The van der Waals surface area contributed by atoms with Crippen molar-refractivity contribution in [2.45, 2.75) is 4.90 Å². The fraction of sp³-hybridized carbons (Fsp3) is 0.222. The Bertz CT molecular complexity index is 1020. The van der Waals surface area contributed by atoms with Gasteiger partial charge in [-0.15, -0.1) is 0 Å². The highest BCUT2D eigenvalue weighted by Gasteiger charge is 2.31. The SMILES string of the molecule is NC(=S)c1ccc(C(=O)N2CCN(S(=O)(=O)c3cc(Cl)ccc3Cl)CC2)cc1. The standard InChI is InChI=1S/C18H17Cl2N3O3S2/c19-14-5-6-15(20)16(11-14)28(25,26)23-9-7-22(8-10-23)18(24)13-3-1-12(2-4-13)17(21)27/h1-6,11H,7-10H2,(H2,21,27). The van der Waals surface area contributed by atoms with Crippen LogP contribution in [0.4, 0.5) is 0 Å². The second kappa shape index (κ2) is 8.34. The van der Waals surface area contributed by atoms with Gasteiger partial charge in [0.25, 0.3) is 5.91 Å². The maximum absolute atomic E-state index is 12.9. The number of nitrogens with two attached hydrogens (primary N) is 1. The Hall–Kier alpha value is -1.71. The smallest absolute Gasteiger partial charge is 0.253 e. The van der Waals surface area contributed by atoms with Gasteiger partial charge in [0.05, 0.1) is 5.02 Å². The molecule has 2 aromatic carbocycles. The zero-order valence-corrected chi connectivity index (χ0v) is 17.8. The first-order chi connectivity index (χ1) is 13.2. The van der Waals surface area contributed by atoms with Gasteiger partial charge in [-0.2, -0.15) is 4.31 Å². The molecule has 1 saturated heterocycles. The van der Waals surface area contributed by atoms with Crippen molar-refractivity contribution in [1.29, 1.82) is 0 Å². The first kappa shape index (κ1) is 21.0. The van der Waals surface area contributed by atoms with E-state index < -0.39 is 10.0 Å². The van der Waals surface area contributed by atoms with Gasteiger partial charge in [-0.1, -0.05) is 47.6 Å². The number of carbonyl (C=O) groups is 1. The molecular weight excluding hydrogens is 441 g/mol. The summed E-state index contributed by atoms with van der Waals surface area (Å²) in [5.74, 6) is -0.174. The first-order valence-corrected chi connectivity index (χ1v) is 10.9. The molecule has 1 amide bonds. The highest BCUT2D eigenvalue weighted by Crippen LogP contribution is 2.28. The Morgan fingerprint density at radius 2 is 1.54 bits per heavy atom. The third-order valence-corrected chi connectivity index (χ3v) is 7.30. The number of hydrogen-bond donors (Lipinski definition) is 1. The van der Waals surface area contributed by atoms with Crippen LogP contribution in [-0.2, 0) is 10.0 Å². The molecular formula is C18H17Cl2N3O3S2. The van der Waals surface area contributed by atoms with E-state index in [9.17, 15) is 13.2 Å². The van der Waals surface area contributed by atoms with E-state index in [0.29, 0.717) is 11.1 Å². The zero-order valence-electron chi connectivity index (χ0n) is 14.6. The first-order valence-electron chi connectivity index (χ1n) is 8.34. The summed E-state index contributed by atoms with van der Waals surface area (Å²) in [7, 11) is -3.79. The fourth-order valence-electron chi connectivity index (χ4n) is 2.91. The second-order valence-electron chi connectivity index (χ2n) is 6.21. The van der Waals surface area contributed by atoms with Crippen LogP contribution in [0.5, 0.6) is 0 Å². The molecule has 0 bridgehead atoms.